The topological polar surface area (TPSA) is 83.3 Å². The maximum Gasteiger partial charge on any atom is 0.221 e. The molecule has 3 aliphatic rings. The minimum Gasteiger partial charge on any atom is -0.463 e. The first-order chi connectivity index (χ1) is 16.0. The zero-order valence-electron chi connectivity index (χ0n) is 19.3. The summed E-state index contributed by atoms with van der Waals surface area (Å²) in [5, 5.41) is 6.45. The van der Waals surface area contributed by atoms with Gasteiger partial charge in [0.05, 0.1) is 6.26 Å². The van der Waals surface area contributed by atoms with Crippen LogP contribution in [-0.2, 0) is 11.3 Å². The van der Waals surface area contributed by atoms with Crippen LogP contribution in [0.5, 0.6) is 0 Å². The van der Waals surface area contributed by atoms with E-state index < -0.39 is 0 Å². The number of hydrogen-bond acceptors (Lipinski definition) is 6. The predicted octanol–water partition coefficient (Wildman–Crippen LogP) is 3.97. The van der Waals surface area contributed by atoms with E-state index in [-0.39, 0.29) is 5.91 Å². The molecule has 0 aliphatic carbocycles. The summed E-state index contributed by atoms with van der Waals surface area (Å²) in [5.74, 6) is 2.66. The van der Waals surface area contributed by atoms with Gasteiger partial charge < -0.3 is 15.1 Å². The first kappa shape index (κ1) is 21.8. The molecule has 3 aromatic rings. The highest BCUT2D eigenvalue weighted by Gasteiger charge is 2.41. The number of aryl methyl sites for hydroxylation is 1. The smallest absolute Gasteiger partial charge is 0.221 e. The van der Waals surface area contributed by atoms with Crippen LogP contribution in [0.25, 0.3) is 11.5 Å². The van der Waals surface area contributed by atoms with E-state index >= 15 is 0 Å². The minimum absolute atomic E-state index is 0.0464. The lowest BCUT2D eigenvalue weighted by molar-refractivity contribution is -0.114. The molecular formula is C26H31N5O2. The quantitative estimate of drug-likeness (QED) is 0.573. The summed E-state index contributed by atoms with van der Waals surface area (Å²) in [7, 11) is 0. The third-order valence-corrected chi connectivity index (χ3v) is 6.87. The van der Waals surface area contributed by atoms with Gasteiger partial charge in [-0.25, -0.2) is 9.97 Å². The van der Waals surface area contributed by atoms with Crippen molar-refractivity contribution in [3.8, 4) is 11.5 Å². The van der Waals surface area contributed by atoms with Crippen LogP contribution in [0.1, 0.15) is 42.8 Å². The van der Waals surface area contributed by atoms with Gasteiger partial charge in [0.1, 0.15) is 11.5 Å². The highest BCUT2D eigenvalue weighted by Crippen LogP contribution is 2.41. The highest BCUT2D eigenvalue weighted by molar-refractivity contribution is 5.88. The third-order valence-electron chi connectivity index (χ3n) is 6.87. The van der Waals surface area contributed by atoms with Crippen molar-refractivity contribution in [1.82, 2.24) is 20.2 Å². The zero-order chi connectivity index (χ0) is 22.8. The van der Waals surface area contributed by atoms with Crippen molar-refractivity contribution < 1.29 is 9.21 Å². The fourth-order valence-corrected chi connectivity index (χ4v) is 5.31. The van der Waals surface area contributed by atoms with Crippen LogP contribution >= 0.6 is 0 Å². The van der Waals surface area contributed by atoms with Gasteiger partial charge in [0.25, 0.3) is 0 Å². The summed E-state index contributed by atoms with van der Waals surface area (Å²) in [5.41, 5.74) is 4.08. The van der Waals surface area contributed by atoms with E-state index in [1.54, 1.807) is 6.26 Å². The van der Waals surface area contributed by atoms with Crippen molar-refractivity contribution in [2.75, 3.05) is 25.0 Å². The fraction of sp³-hybridized carbons (Fsp3) is 0.423. The Morgan fingerprint density at radius 3 is 2.76 bits per heavy atom. The molecular weight excluding hydrogens is 414 g/mol. The molecule has 2 bridgehead atoms. The van der Waals surface area contributed by atoms with Gasteiger partial charge in [0, 0.05) is 49.9 Å². The molecule has 0 spiro atoms. The van der Waals surface area contributed by atoms with Crippen LogP contribution in [0.15, 0.2) is 53.1 Å². The van der Waals surface area contributed by atoms with Gasteiger partial charge in [-0.1, -0.05) is 12.1 Å². The lowest BCUT2D eigenvalue weighted by Gasteiger charge is -2.50. The Morgan fingerprint density at radius 1 is 1.21 bits per heavy atom. The van der Waals surface area contributed by atoms with Crippen molar-refractivity contribution in [2.24, 2.45) is 5.92 Å². The molecule has 172 valence electrons. The maximum atomic E-state index is 11.2. The monoisotopic (exact) mass is 445 g/mol. The van der Waals surface area contributed by atoms with Crippen LogP contribution in [0.3, 0.4) is 0 Å². The van der Waals surface area contributed by atoms with Crippen LogP contribution in [0.2, 0.25) is 0 Å². The van der Waals surface area contributed by atoms with Gasteiger partial charge in [-0.05, 0) is 68.1 Å². The summed E-state index contributed by atoms with van der Waals surface area (Å²) < 4.78 is 5.57. The Morgan fingerprint density at radius 2 is 2.06 bits per heavy atom. The molecule has 33 heavy (non-hydrogen) atoms. The molecule has 0 radical (unpaired) electrons. The van der Waals surface area contributed by atoms with Crippen LogP contribution in [0.4, 0.5) is 5.69 Å². The van der Waals surface area contributed by atoms with Gasteiger partial charge in [-0.15, -0.1) is 0 Å². The summed E-state index contributed by atoms with van der Waals surface area (Å²) in [6.45, 7) is 7.52. The van der Waals surface area contributed by atoms with Crippen molar-refractivity contribution in [3.05, 3.63) is 65.8 Å². The van der Waals surface area contributed by atoms with Gasteiger partial charge in [0.2, 0.25) is 5.91 Å². The Hall–Kier alpha value is -3.03. The molecule has 1 aromatic carbocycles. The lowest BCUT2D eigenvalue weighted by Crippen LogP contribution is -2.55. The molecule has 6 rings (SSSR count). The number of carbonyl (C=O) groups excluding carboxylic acids is 1. The lowest BCUT2D eigenvalue weighted by atomic mass is 9.74. The van der Waals surface area contributed by atoms with Crippen molar-refractivity contribution in [1.29, 1.82) is 0 Å². The number of hydrogen-bond donors (Lipinski definition) is 2. The number of benzene rings is 1. The fourth-order valence-electron chi connectivity index (χ4n) is 5.31. The molecule has 2 N–H and O–H groups in total. The second-order valence-corrected chi connectivity index (χ2v) is 9.25. The van der Waals surface area contributed by atoms with Gasteiger partial charge in [0.15, 0.2) is 5.76 Å². The molecule has 7 heteroatoms. The van der Waals surface area contributed by atoms with E-state index in [0.29, 0.717) is 17.9 Å². The Labute approximate surface area is 194 Å². The van der Waals surface area contributed by atoms with E-state index in [2.05, 4.69) is 38.7 Å². The van der Waals surface area contributed by atoms with E-state index in [4.69, 9.17) is 9.40 Å². The molecule has 5 heterocycles. The number of fused-ring (bicyclic) bond motifs is 3. The number of amides is 1. The van der Waals surface area contributed by atoms with Crippen molar-refractivity contribution >= 4 is 11.6 Å². The average Bonchev–Trinajstić information content (AvgIpc) is 3.35. The van der Waals surface area contributed by atoms with Crippen molar-refractivity contribution in [2.45, 2.75) is 45.2 Å². The molecule has 7 nitrogen and oxygen atoms in total. The van der Waals surface area contributed by atoms with Crippen LogP contribution in [0, 0.1) is 12.8 Å². The molecule has 3 aliphatic heterocycles. The predicted molar refractivity (Wildman–Crippen MR) is 128 cm³/mol. The number of nitrogens with zero attached hydrogens (tertiary/aromatic N) is 3. The standard InChI is InChI=1S/C26H31N5O2/c1-17-28-24(13-25(29-17)26-4-3-11-33-26)23-16-31-10-9-20(23)12-22(31)15-27-14-19-5-7-21(8-6-19)30-18(2)32/h3-8,11,13,20,22-23,27H,9-10,12,14-16H2,1-2H3,(H,30,32)/t20-,22+,23-/m0/s1. The number of furan rings is 1. The average molecular weight is 446 g/mol. The van der Waals surface area contributed by atoms with Gasteiger partial charge in [-0.2, -0.15) is 0 Å². The number of anilines is 1. The number of piperidine rings is 3. The summed E-state index contributed by atoms with van der Waals surface area (Å²) in [6, 6.07) is 14.6. The summed E-state index contributed by atoms with van der Waals surface area (Å²) in [6.07, 6.45) is 4.11. The Balaban J connectivity index is 1.19. The van der Waals surface area contributed by atoms with E-state index in [1.807, 2.05) is 31.2 Å². The van der Waals surface area contributed by atoms with Crippen LogP contribution in [-0.4, -0.2) is 46.5 Å². The molecule has 4 atom stereocenters. The Kier molecular flexibility index (Phi) is 6.24. The minimum atomic E-state index is -0.0464. The summed E-state index contributed by atoms with van der Waals surface area (Å²) >= 11 is 0. The number of aromatic nitrogens is 2. The highest BCUT2D eigenvalue weighted by atomic mass is 16.3. The van der Waals surface area contributed by atoms with Gasteiger partial charge in [-0.3, -0.25) is 9.69 Å². The normalized spacial score (nSPS) is 24.1. The Bertz CT molecular complexity index is 1100. The number of carbonyl (C=O) groups is 1. The molecule has 0 saturated carbocycles. The van der Waals surface area contributed by atoms with Crippen molar-refractivity contribution in [3.63, 3.8) is 0 Å². The molecule has 3 fully saturated rings. The first-order valence-corrected chi connectivity index (χ1v) is 11.8. The largest absolute Gasteiger partial charge is 0.463 e. The van der Waals surface area contributed by atoms with E-state index in [1.165, 1.54) is 25.3 Å². The van der Waals surface area contributed by atoms with E-state index in [0.717, 1.165) is 54.8 Å². The molecule has 1 amide bonds. The SMILES string of the molecule is CC(=O)Nc1ccc(CNC[C@H]2C[C@@H]3CCN2C[C@@H]3c2cc(-c3ccco3)nc(C)n2)cc1. The second-order valence-electron chi connectivity index (χ2n) is 9.25. The maximum absolute atomic E-state index is 11.2. The third kappa shape index (κ3) is 4.99. The number of rotatable bonds is 7. The second kappa shape index (κ2) is 9.45. The van der Waals surface area contributed by atoms with E-state index in [9.17, 15) is 4.79 Å². The summed E-state index contributed by atoms with van der Waals surface area (Å²) in [4.78, 5) is 23.2. The zero-order valence-corrected chi connectivity index (χ0v) is 19.3. The molecule has 3 saturated heterocycles. The first-order valence-electron chi connectivity index (χ1n) is 11.8. The molecule has 2 aromatic heterocycles. The number of nitrogens with one attached hydrogen (secondary N) is 2. The van der Waals surface area contributed by atoms with Crippen LogP contribution < -0.4 is 10.6 Å². The van der Waals surface area contributed by atoms with Gasteiger partial charge >= 0.3 is 0 Å². The molecule has 1 unspecified atom stereocenters.